The summed E-state index contributed by atoms with van der Waals surface area (Å²) in [4.78, 5) is 15.3. The van der Waals surface area contributed by atoms with Crippen molar-refractivity contribution in [3.63, 3.8) is 0 Å². The van der Waals surface area contributed by atoms with Crippen molar-refractivity contribution in [2.24, 2.45) is 0 Å². The number of pyridine rings is 1. The molecular weight excluding hydrogens is 474 g/mol. The van der Waals surface area contributed by atoms with E-state index in [0.29, 0.717) is 45.8 Å². The topological polar surface area (TPSA) is 130 Å². The number of imidazole rings is 1. The summed E-state index contributed by atoms with van der Waals surface area (Å²) in [5.41, 5.74) is 3.31. The van der Waals surface area contributed by atoms with E-state index in [4.69, 9.17) is 28.9 Å². The van der Waals surface area contributed by atoms with Gasteiger partial charge in [-0.1, -0.05) is 6.07 Å². The highest BCUT2D eigenvalue weighted by molar-refractivity contribution is 6.03. The number of aromatic nitrogens is 3. The van der Waals surface area contributed by atoms with Gasteiger partial charge in [0.2, 0.25) is 11.7 Å². The number of hydrogen-bond donors (Lipinski definition) is 3. The first-order chi connectivity index (χ1) is 18.1. The summed E-state index contributed by atoms with van der Waals surface area (Å²) in [5.74, 6) is 2.55. The molecule has 2 aromatic carbocycles. The molecule has 37 heavy (non-hydrogen) atoms. The van der Waals surface area contributed by atoms with Crippen molar-refractivity contribution in [2.75, 3.05) is 71.4 Å². The molecule has 1 aliphatic rings. The van der Waals surface area contributed by atoms with Gasteiger partial charge in [0.25, 0.3) is 0 Å². The van der Waals surface area contributed by atoms with Crippen LogP contribution in [0.15, 0.2) is 30.3 Å². The molecule has 5 rings (SSSR count). The minimum absolute atomic E-state index is 0.403. The number of rotatable bonds is 9. The zero-order valence-corrected chi connectivity index (χ0v) is 21.1. The van der Waals surface area contributed by atoms with Crippen molar-refractivity contribution in [1.82, 2.24) is 19.9 Å². The Morgan fingerprint density at radius 2 is 1.78 bits per heavy atom. The van der Waals surface area contributed by atoms with Gasteiger partial charge >= 0.3 is 0 Å². The second kappa shape index (κ2) is 10.8. The Bertz CT molecular complexity index is 1430. The van der Waals surface area contributed by atoms with Crippen molar-refractivity contribution in [3.8, 4) is 23.3 Å². The third-order valence-electron chi connectivity index (χ3n) is 6.31. The van der Waals surface area contributed by atoms with E-state index in [9.17, 15) is 5.26 Å². The van der Waals surface area contributed by atoms with Crippen LogP contribution in [0.2, 0.25) is 0 Å². The number of morpholine rings is 1. The summed E-state index contributed by atoms with van der Waals surface area (Å²) < 4.78 is 21.7. The summed E-state index contributed by atoms with van der Waals surface area (Å²) in [5, 5.41) is 17.3. The van der Waals surface area contributed by atoms with E-state index < -0.39 is 0 Å². The SMILES string of the molecule is COc1cc(Nc2nc3c(ccc4[nH]c(NCCN5CCOCC5)nc43)cc2C#N)cc(OC)c1OC. The minimum atomic E-state index is 0.403. The molecule has 2 aromatic heterocycles. The number of aromatic amines is 1. The number of H-pyrrole nitrogens is 1. The molecule has 0 amide bonds. The molecule has 11 heteroatoms. The molecule has 4 aromatic rings. The molecule has 192 valence electrons. The third kappa shape index (κ3) is 5.02. The Labute approximate surface area is 214 Å². The predicted molar refractivity (Wildman–Crippen MR) is 141 cm³/mol. The fourth-order valence-electron chi connectivity index (χ4n) is 4.42. The van der Waals surface area contributed by atoms with Crippen molar-refractivity contribution >= 4 is 39.4 Å². The van der Waals surface area contributed by atoms with Gasteiger partial charge in [-0.3, -0.25) is 4.90 Å². The summed E-state index contributed by atoms with van der Waals surface area (Å²) in [7, 11) is 4.65. The lowest BCUT2D eigenvalue weighted by Gasteiger charge is -2.26. The van der Waals surface area contributed by atoms with Gasteiger partial charge in [-0.05, 0) is 12.1 Å². The lowest BCUT2D eigenvalue weighted by Crippen LogP contribution is -2.39. The Morgan fingerprint density at radius 3 is 2.46 bits per heavy atom. The van der Waals surface area contributed by atoms with E-state index in [1.165, 1.54) is 0 Å². The number of nitriles is 1. The van der Waals surface area contributed by atoms with Gasteiger partial charge in [-0.25, -0.2) is 9.97 Å². The summed E-state index contributed by atoms with van der Waals surface area (Å²) in [6.07, 6.45) is 0. The van der Waals surface area contributed by atoms with Gasteiger partial charge in [0.05, 0.1) is 45.6 Å². The fraction of sp³-hybridized carbons (Fsp3) is 0.346. The summed E-state index contributed by atoms with van der Waals surface area (Å²) in [6.45, 7) is 5.11. The second-order valence-corrected chi connectivity index (χ2v) is 8.54. The molecule has 3 N–H and O–H groups in total. The van der Waals surface area contributed by atoms with Crippen molar-refractivity contribution in [3.05, 3.63) is 35.9 Å². The second-order valence-electron chi connectivity index (χ2n) is 8.54. The summed E-state index contributed by atoms with van der Waals surface area (Å²) >= 11 is 0. The highest BCUT2D eigenvalue weighted by Crippen LogP contribution is 2.41. The number of benzene rings is 2. The highest BCUT2D eigenvalue weighted by Gasteiger charge is 2.17. The van der Waals surface area contributed by atoms with Gasteiger partial charge in [0.1, 0.15) is 22.9 Å². The van der Waals surface area contributed by atoms with Crippen molar-refractivity contribution < 1.29 is 18.9 Å². The van der Waals surface area contributed by atoms with Gasteiger partial charge in [0, 0.05) is 49.4 Å². The first-order valence-corrected chi connectivity index (χ1v) is 12.0. The minimum Gasteiger partial charge on any atom is -0.493 e. The van der Waals surface area contributed by atoms with Crippen LogP contribution in [0, 0.1) is 11.3 Å². The molecule has 1 aliphatic heterocycles. The molecule has 0 atom stereocenters. The van der Waals surface area contributed by atoms with Gasteiger partial charge in [0.15, 0.2) is 11.5 Å². The van der Waals surface area contributed by atoms with Crippen LogP contribution in [-0.2, 0) is 4.74 Å². The van der Waals surface area contributed by atoms with E-state index >= 15 is 0 Å². The maximum absolute atomic E-state index is 9.82. The molecule has 0 spiro atoms. The predicted octanol–water partition coefficient (Wildman–Crippen LogP) is 3.50. The van der Waals surface area contributed by atoms with Crippen LogP contribution in [0.5, 0.6) is 17.2 Å². The van der Waals surface area contributed by atoms with Crippen LogP contribution in [0.4, 0.5) is 17.5 Å². The first kappa shape index (κ1) is 24.4. The molecule has 1 fully saturated rings. The number of nitrogens with zero attached hydrogens (tertiary/aromatic N) is 4. The van der Waals surface area contributed by atoms with E-state index in [1.807, 2.05) is 18.2 Å². The molecule has 0 bridgehead atoms. The molecule has 0 radical (unpaired) electrons. The quantitative estimate of drug-likeness (QED) is 0.312. The Morgan fingerprint density at radius 1 is 1.03 bits per heavy atom. The van der Waals surface area contributed by atoms with Crippen molar-refractivity contribution in [2.45, 2.75) is 0 Å². The van der Waals surface area contributed by atoms with E-state index in [0.717, 1.165) is 55.8 Å². The zero-order valence-electron chi connectivity index (χ0n) is 21.1. The lowest BCUT2D eigenvalue weighted by atomic mass is 10.1. The first-order valence-electron chi connectivity index (χ1n) is 12.0. The third-order valence-corrected chi connectivity index (χ3v) is 6.31. The average molecular weight is 504 g/mol. The molecule has 3 heterocycles. The Kier molecular flexibility index (Phi) is 7.11. The number of nitrogens with one attached hydrogen (secondary N) is 3. The molecule has 1 saturated heterocycles. The van der Waals surface area contributed by atoms with Crippen molar-refractivity contribution in [1.29, 1.82) is 5.26 Å². The highest BCUT2D eigenvalue weighted by atomic mass is 16.5. The van der Waals surface area contributed by atoms with E-state index in [2.05, 4.69) is 26.6 Å². The molecule has 11 nitrogen and oxygen atoms in total. The van der Waals surface area contributed by atoms with Crippen LogP contribution >= 0.6 is 0 Å². The average Bonchev–Trinajstić information content (AvgIpc) is 3.36. The standard InChI is InChI=1S/C26H29N7O4/c1-34-20-13-18(14-21(35-2)24(20)36-3)29-25-17(15-27)12-16-4-5-19-23(22(16)31-25)32-26(30-19)28-6-7-33-8-10-37-11-9-33/h4-5,12-14H,6-11H2,1-3H3,(H,29,31)(H2,28,30,32). The van der Waals surface area contributed by atoms with Gasteiger partial charge in [-0.15, -0.1) is 0 Å². The Balaban J connectivity index is 1.45. The number of fused-ring (bicyclic) bond motifs is 3. The molecular formula is C26H29N7O4. The molecule has 0 unspecified atom stereocenters. The number of hydrogen-bond acceptors (Lipinski definition) is 10. The van der Waals surface area contributed by atoms with Crippen LogP contribution < -0.4 is 24.8 Å². The van der Waals surface area contributed by atoms with Gasteiger partial charge < -0.3 is 34.6 Å². The number of ether oxygens (including phenoxy) is 4. The van der Waals surface area contributed by atoms with Crippen LogP contribution in [0.25, 0.3) is 21.9 Å². The van der Waals surface area contributed by atoms with E-state index in [-0.39, 0.29) is 0 Å². The maximum Gasteiger partial charge on any atom is 0.203 e. The number of methoxy groups -OCH3 is 3. The van der Waals surface area contributed by atoms with Crippen LogP contribution in [0.1, 0.15) is 5.56 Å². The van der Waals surface area contributed by atoms with Gasteiger partial charge in [-0.2, -0.15) is 5.26 Å². The molecule has 0 saturated carbocycles. The van der Waals surface area contributed by atoms with E-state index in [1.54, 1.807) is 33.5 Å². The zero-order chi connectivity index (χ0) is 25.8. The number of anilines is 3. The Hall–Kier alpha value is -4.27. The lowest BCUT2D eigenvalue weighted by molar-refractivity contribution is 0.0398. The monoisotopic (exact) mass is 503 g/mol. The fourth-order valence-corrected chi connectivity index (χ4v) is 4.42. The smallest absolute Gasteiger partial charge is 0.203 e. The largest absolute Gasteiger partial charge is 0.493 e. The van der Waals surface area contributed by atoms with Crippen LogP contribution in [-0.4, -0.2) is 80.6 Å². The summed E-state index contributed by atoms with van der Waals surface area (Å²) in [6, 6.07) is 11.5. The van der Waals surface area contributed by atoms with Crippen LogP contribution in [0.3, 0.4) is 0 Å². The normalized spacial score (nSPS) is 13.9. The maximum atomic E-state index is 9.82. The molecule has 0 aliphatic carbocycles.